The molecule has 5 aromatic carbocycles. The Morgan fingerprint density at radius 2 is 1.55 bits per heavy atom. The van der Waals surface area contributed by atoms with E-state index in [0.717, 1.165) is 33.2 Å². The lowest BCUT2D eigenvalue weighted by Crippen LogP contribution is -2.10. The van der Waals surface area contributed by atoms with Crippen LogP contribution in [-0.4, -0.2) is 27.2 Å². The zero-order chi connectivity index (χ0) is 32.3. The highest BCUT2D eigenvalue weighted by Crippen LogP contribution is 2.48. The summed E-state index contributed by atoms with van der Waals surface area (Å²) in [5.41, 5.74) is 5.20. The number of hydrogen-bond donors (Lipinski definition) is 1. The molecule has 47 heavy (non-hydrogen) atoms. The third-order valence-corrected chi connectivity index (χ3v) is 8.21. The van der Waals surface area contributed by atoms with Crippen LogP contribution in [0.5, 0.6) is 11.6 Å². The summed E-state index contributed by atoms with van der Waals surface area (Å²) in [6.45, 7) is 2.32. The van der Waals surface area contributed by atoms with Gasteiger partial charge in [-0.1, -0.05) is 91.0 Å². The topological polar surface area (TPSA) is 73.6 Å². The minimum Gasteiger partial charge on any atom is -0.494 e. The second-order valence-corrected chi connectivity index (χ2v) is 11.2. The van der Waals surface area contributed by atoms with E-state index in [1.165, 1.54) is 12.1 Å². The molecule has 0 fully saturated rings. The molecule has 0 radical (unpaired) electrons. The van der Waals surface area contributed by atoms with E-state index in [9.17, 15) is 14.3 Å². The molecule has 0 saturated heterocycles. The monoisotopic (exact) mass is 622 g/mol. The smallest absolute Gasteiger partial charge is 0.338 e. The number of aromatic nitrogens is 2. The molecule has 2 aromatic heterocycles. The number of nitrogens with zero attached hydrogens (tertiary/aromatic N) is 2. The van der Waals surface area contributed by atoms with Crippen LogP contribution in [0.3, 0.4) is 0 Å². The maximum Gasteiger partial charge on any atom is 0.338 e. The van der Waals surface area contributed by atoms with Crippen molar-refractivity contribution in [2.45, 2.75) is 19.6 Å². The first kappa shape index (κ1) is 29.7. The standard InChI is InChI=1S/C40H31FN2O4/c1-2-46-40(45)30-16-9-15-29(23-30)34-32-17-10-22-42-36(32)38(47-37(27-11-5-3-6-12-27)28-13-7-4-8-14-28)35-33(34)25-43(39(35)44)24-26-18-20-31(41)21-19-26/h3-23,25,37,44H,2,24H2,1H3. The third-order valence-electron chi connectivity index (χ3n) is 8.21. The minimum atomic E-state index is -0.511. The first-order valence-electron chi connectivity index (χ1n) is 15.4. The van der Waals surface area contributed by atoms with Gasteiger partial charge in [0.25, 0.3) is 0 Å². The third kappa shape index (κ3) is 5.79. The van der Waals surface area contributed by atoms with Crippen molar-refractivity contribution in [1.29, 1.82) is 0 Å². The zero-order valence-electron chi connectivity index (χ0n) is 25.6. The Labute approximate surface area is 271 Å². The van der Waals surface area contributed by atoms with Crippen LogP contribution in [0.2, 0.25) is 0 Å². The van der Waals surface area contributed by atoms with Crippen molar-refractivity contribution < 1.29 is 23.8 Å². The van der Waals surface area contributed by atoms with E-state index in [2.05, 4.69) is 0 Å². The molecule has 0 aliphatic rings. The summed E-state index contributed by atoms with van der Waals surface area (Å²) < 4.78 is 27.8. The van der Waals surface area contributed by atoms with Gasteiger partial charge in [0.2, 0.25) is 5.88 Å². The largest absolute Gasteiger partial charge is 0.494 e. The average Bonchev–Trinajstić information content (AvgIpc) is 3.43. The lowest BCUT2D eigenvalue weighted by Gasteiger charge is -2.23. The average molecular weight is 623 g/mol. The molecule has 0 aliphatic carbocycles. The summed E-state index contributed by atoms with van der Waals surface area (Å²) in [6.07, 6.45) is 3.07. The van der Waals surface area contributed by atoms with Crippen LogP contribution < -0.4 is 4.74 Å². The summed E-state index contributed by atoms with van der Waals surface area (Å²) in [4.78, 5) is 17.6. The Kier molecular flexibility index (Phi) is 8.11. The molecule has 1 N–H and O–H groups in total. The SMILES string of the molecule is CCOC(=O)c1cccc(-c2c3cccnc3c(OC(c3ccccc3)c3ccccc3)c3c(O)n(Cc4ccc(F)cc4)cc23)c1. The first-order valence-corrected chi connectivity index (χ1v) is 15.4. The zero-order valence-corrected chi connectivity index (χ0v) is 25.6. The molecular formula is C40H31FN2O4. The fourth-order valence-electron chi connectivity index (χ4n) is 6.06. The van der Waals surface area contributed by atoms with Crippen LogP contribution in [0.4, 0.5) is 4.39 Å². The highest BCUT2D eigenvalue weighted by atomic mass is 19.1. The molecule has 0 atom stereocenters. The van der Waals surface area contributed by atoms with Crippen molar-refractivity contribution in [1.82, 2.24) is 9.55 Å². The van der Waals surface area contributed by atoms with Gasteiger partial charge in [-0.3, -0.25) is 4.98 Å². The second kappa shape index (κ2) is 12.8. The van der Waals surface area contributed by atoms with E-state index in [4.69, 9.17) is 14.5 Å². The fourth-order valence-corrected chi connectivity index (χ4v) is 6.06. The quantitative estimate of drug-likeness (QED) is 0.163. The van der Waals surface area contributed by atoms with E-state index < -0.39 is 12.1 Å². The number of aromatic hydroxyl groups is 1. The van der Waals surface area contributed by atoms with Crippen molar-refractivity contribution in [2.75, 3.05) is 6.61 Å². The molecule has 0 unspecified atom stereocenters. The van der Waals surface area contributed by atoms with Gasteiger partial charge in [0.1, 0.15) is 17.4 Å². The van der Waals surface area contributed by atoms with Gasteiger partial charge in [-0.15, -0.1) is 0 Å². The molecule has 232 valence electrons. The van der Waals surface area contributed by atoms with E-state index in [1.807, 2.05) is 91.1 Å². The molecule has 7 aromatic rings. The van der Waals surface area contributed by atoms with Gasteiger partial charge in [0.05, 0.1) is 24.1 Å². The lowest BCUT2D eigenvalue weighted by atomic mass is 9.94. The molecule has 0 aliphatic heterocycles. The Morgan fingerprint density at radius 1 is 0.851 bits per heavy atom. The Bertz CT molecular complexity index is 2160. The first-order chi connectivity index (χ1) is 23.0. The second-order valence-electron chi connectivity index (χ2n) is 11.2. The van der Waals surface area contributed by atoms with Gasteiger partial charge >= 0.3 is 5.97 Å². The Balaban J connectivity index is 1.50. The maximum absolute atomic E-state index is 13.8. The number of hydrogen-bond acceptors (Lipinski definition) is 5. The van der Waals surface area contributed by atoms with E-state index in [1.54, 1.807) is 42.0 Å². The Hall–Kier alpha value is -5.95. The molecule has 0 amide bonds. The van der Waals surface area contributed by atoms with Crippen LogP contribution in [-0.2, 0) is 11.3 Å². The summed E-state index contributed by atoms with van der Waals surface area (Å²) in [5.74, 6) is -0.345. The van der Waals surface area contributed by atoms with Crippen molar-refractivity contribution in [3.8, 4) is 22.8 Å². The van der Waals surface area contributed by atoms with Crippen LogP contribution in [0, 0.1) is 5.82 Å². The van der Waals surface area contributed by atoms with Crippen molar-refractivity contribution >= 4 is 27.6 Å². The molecule has 6 nitrogen and oxygen atoms in total. The van der Waals surface area contributed by atoms with E-state index in [0.29, 0.717) is 27.6 Å². The molecule has 0 spiro atoms. The predicted molar refractivity (Wildman–Crippen MR) is 181 cm³/mol. The number of halogens is 1. The van der Waals surface area contributed by atoms with Gasteiger partial charge in [0, 0.05) is 28.7 Å². The lowest BCUT2D eigenvalue weighted by molar-refractivity contribution is 0.0526. The molecule has 7 rings (SSSR count). The number of ether oxygens (including phenoxy) is 2. The van der Waals surface area contributed by atoms with Crippen LogP contribution in [0.25, 0.3) is 32.8 Å². The number of pyridine rings is 1. The maximum atomic E-state index is 13.8. The summed E-state index contributed by atoms with van der Waals surface area (Å²) >= 11 is 0. The van der Waals surface area contributed by atoms with Crippen LogP contribution >= 0.6 is 0 Å². The predicted octanol–water partition coefficient (Wildman–Crippen LogP) is 9.09. The van der Waals surface area contributed by atoms with Gasteiger partial charge in [-0.05, 0) is 59.5 Å². The van der Waals surface area contributed by atoms with Crippen LogP contribution in [0.15, 0.2) is 134 Å². The van der Waals surface area contributed by atoms with Crippen molar-refractivity contribution in [3.63, 3.8) is 0 Å². The molecular weight excluding hydrogens is 591 g/mol. The van der Waals surface area contributed by atoms with Crippen molar-refractivity contribution in [3.05, 3.63) is 162 Å². The highest BCUT2D eigenvalue weighted by Gasteiger charge is 2.27. The summed E-state index contributed by atoms with van der Waals surface area (Å²) in [7, 11) is 0. The summed E-state index contributed by atoms with van der Waals surface area (Å²) in [6, 6.07) is 37.1. The van der Waals surface area contributed by atoms with Crippen LogP contribution in [0.1, 0.15) is 40.1 Å². The molecule has 0 saturated carbocycles. The van der Waals surface area contributed by atoms with Gasteiger partial charge < -0.3 is 19.1 Å². The van der Waals surface area contributed by atoms with Gasteiger partial charge in [-0.25, -0.2) is 9.18 Å². The molecule has 0 bridgehead atoms. The van der Waals surface area contributed by atoms with Crippen molar-refractivity contribution in [2.24, 2.45) is 0 Å². The number of benzene rings is 5. The number of rotatable bonds is 9. The van der Waals surface area contributed by atoms with E-state index >= 15 is 0 Å². The summed E-state index contributed by atoms with van der Waals surface area (Å²) in [5, 5.41) is 14.0. The Morgan fingerprint density at radius 3 is 2.23 bits per heavy atom. The number of fused-ring (bicyclic) bond motifs is 2. The number of carbonyl (C=O) groups excluding carboxylic acids is 1. The van der Waals surface area contributed by atoms with E-state index in [-0.39, 0.29) is 24.8 Å². The van der Waals surface area contributed by atoms with Gasteiger partial charge in [0.15, 0.2) is 5.75 Å². The van der Waals surface area contributed by atoms with Gasteiger partial charge in [-0.2, -0.15) is 0 Å². The number of carbonyl (C=O) groups is 1. The number of esters is 1. The highest BCUT2D eigenvalue weighted by molar-refractivity contribution is 6.17. The normalized spacial score (nSPS) is 11.3. The fraction of sp³-hybridized carbons (Fsp3) is 0.100. The molecule has 2 heterocycles. The minimum absolute atomic E-state index is 0.0189. The molecule has 7 heteroatoms.